The van der Waals surface area contributed by atoms with Crippen LogP contribution in [0.3, 0.4) is 0 Å². The minimum absolute atomic E-state index is 0.0263. The Hall–Kier alpha value is -1.36. The van der Waals surface area contributed by atoms with Crippen molar-refractivity contribution in [3.8, 4) is 0 Å². The summed E-state index contributed by atoms with van der Waals surface area (Å²) >= 11 is 5.81. The van der Waals surface area contributed by atoms with Gasteiger partial charge in [-0.15, -0.1) is 0 Å². The van der Waals surface area contributed by atoms with E-state index in [4.69, 9.17) is 11.6 Å². The SMILES string of the molecule is CCCCNC(=O)Cn1c(C2CC2)nc(Cl)cc1=O. The molecule has 0 aromatic carbocycles. The fourth-order valence-corrected chi connectivity index (χ4v) is 2.09. The molecule has 0 unspecified atom stereocenters. The molecule has 0 bridgehead atoms. The van der Waals surface area contributed by atoms with E-state index < -0.39 is 0 Å². The van der Waals surface area contributed by atoms with Crippen molar-refractivity contribution in [3.63, 3.8) is 0 Å². The lowest BCUT2D eigenvalue weighted by atomic mass is 10.3. The van der Waals surface area contributed by atoms with Gasteiger partial charge >= 0.3 is 0 Å². The van der Waals surface area contributed by atoms with Crippen molar-refractivity contribution in [2.75, 3.05) is 6.54 Å². The number of hydrogen-bond acceptors (Lipinski definition) is 3. The van der Waals surface area contributed by atoms with Gasteiger partial charge in [-0.1, -0.05) is 24.9 Å². The number of carbonyl (C=O) groups is 1. The molecule has 0 aliphatic heterocycles. The number of nitrogens with zero attached hydrogens (tertiary/aromatic N) is 2. The molecule has 1 amide bonds. The zero-order valence-electron chi connectivity index (χ0n) is 11.0. The predicted octanol–water partition coefficient (Wildman–Crippen LogP) is 1.69. The number of amides is 1. The van der Waals surface area contributed by atoms with Crippen molar-refractivity contribution in [1.82, 2.24) is 14.9 Å². The lowest BCUT2D eigenvalue weighted by Gasteiger charge is -2.11. The van der Waals surface area contributed by atoms with Gasteiger partial charge in [0, 0.05) is 18.5 Å². The number of hydrogen-bond donors (Lipinski definition) is 1. The molecule has 19 heavy (non-hydrogen) atoms. The van der Waals surface area contributed by atoms with Crippen LogP contribution in [0, 0.1) is 0 Å². The first-order valence-electron chi connectivity index (χ1n) is 6.65. The van der Waals surface area contributed by atoms with E-state index in [9.17, 15) is 9.59 Å². The minimum Gasteiger partial charge on any atom is -0.355 e. The van der Waals surface area contributed by atoms with E-state index in [0.29, 0.717) is 12.4 Å². The minimum atomic E-state index is -0.257. The summed E-state index contributed by atoms with van der Waals surface area (Å²) in [5.41, 5.74) is -0.257. The molecule has 1 aromatic rings. The van der Waals surface area contributed by atoms with Crippen LogP contribution in [0.2, 0.25) is 5.15 Å². The first-order valence-corrected chi connectivity index (χ1v) is 7.03. The fraction of sp³-hybridized carbons (Fsp3) is 0.615. The van der Waals surface area contributed by atoms with Crippen LogP contribution in [-0.4, -0.2) is 22.0 Å². The number of nitrogens with one attached hydrogen (secondary N) is 1. The Morgan fingerprint density at radius 3 is 2.95 bits per heavy atom. The molecule has 0 saturated heterocycles. The quantitative estimate of drug-likeness (QED) is 0.638. The normalized spacial score (nSPS) is 14.4. The van der Waals surface area contributed by atoms with Crippen molar-refractivity contribution in [2.24, 2.45) is 0 Å². The summed E-state index contributed by atoms with van der Waals surface area (Å²) in [5.74, 6) is 0.763. The Labute approximate surface area is 117 Å². The number of unbranched alkanes of at least 4 members (excludes halogenated alkanes) is 1. The number of carbonyl (C=O) groups excluding carboxylic acids is 1. The van der Waals surface area contributed by atoms with Crippen LogP contribution in [0.15, 0.2) is 10.9 Å². The molecule has 2 rings (SSSR count). The van der Waals surface area contributed by atoms with E-state index in [1.54, 1.807) is 0 Å². The molecule has 0 atom stereocenters. The van der Waals surface area contributed by atoms with Crippen molar-refractivity contribution < 1.29 is 4.79 Å². The smallest absolute Gasteiger partial charge is 0.255 e. The third kappa shape index (κ3) is 3.80. The number of rotatable bonds is 6. The predicted molar refractivity (Wildman–Crippen MR) is 73.4 cm³/mol. The lowest BCUT2D eigenvalue weighted by Crippen LogP contribution is -2.34. The maximum absolute atomic E-state index is 11.9. The van der Waals surface area contributed by atoms with E-state index in [0.717, 1.165) is 25.7 Å². The first-order chi connectivity index (χ1) is 9.11. The largest absolute Gasteiger partial charge is 0.355 e. The fourth-order valence-electron chi connectivity index (χ4n) is 1.91. The standard InChI is InChI=1S/C13H18ClN3O2/c1-2-3-6-15-11(18)8-17-12(19)7-10(14)16-13(17)9-4-5-9/h7,9H,2-6,8H2,1H3,(H,15,18). The maximum Gasteiger partial charge on any atom is 0.255 e. The Balaban J connectivity index is 2.10. The Morgan fingerprint density at radius 2 is 2.32 bits per heavy atom. The van der Waals surface area contributed by atoms with E-state index in [2.05, 4.69) is 17.2 Å². The van der Waals surface area contributed by atoms with Crippen molar-refractivity contribution in [2.45, 2.75) is 45.1 Å². The molecule has 104 valence electrons. The van der Waals surface area contributed by atoms with Crippen molar-refractivity contribution in [3.05, 3.63) is 27.4 Å². The van der Waals surface area contributed by atoms with E-state index >= 15 is 0 Å². The van der Waals surface area contributed by atoms with Gasteiger partial charge < -0.3 is 5.32 Å². The molecule has 1 aliphatic rings. The lowest BCUT2D eigenvalue weighted by molar-refractivity contribution is -0.121. The van der Waals surface area contributed by atoms with Gasteiger partial charge in [0.15, 0.2) is 0 Å². The summed E-state index contributed by atoms with van der Waals surface area (Å²) in [6, 6.07) is 1.26. The summed E-state index contributed by atoms with van der Waals surface area (Å²) in [5, 5.41) is 3.00. The van der Waals surface area contributed by atoms with Crippen LogP contribution in [0.5, 0.6) is 0 Å². The topological polar surface area (TPSA) is 64.0 Å². The van der Waals surface area contributed by atoms with Gasteiger partial charge in [-0.2, -0.15) is 0 Å². The summed E-state index contributed by atoms with van der Waals surface area (Å²) in [4.78, 5) is 27.9. The Kier molecular flexibility index (Phi) is 4.58. The summed E-state index contributed by atoms with van der Waals surface area (Å²) < 4.78 is 1.44. The molecule has 1 N–H and O–H groups in total. The van der Waals surface area contributed by atoms with Gasteiger partial charge in [0.25, 0.3) is 5.56 Å². The molecule has 5 nitrogen and oxygen atoms in total. The zero-order valence-corrected chi connectivity index (χ0v) is 11.7. The Morgan fingerprint density at radius 1 is 1.58 bits per heavy atom. The summed E-state index contributed by atoms with van der Waals surface area (Å²) in [6.07, 6.45) is 3.97. The highest BCUT2D eigenvalue weighted by molar-refractivity contribution is 6.29. The van der Waals surface area contributed by atoms with E-state index in [-0.39, 0.29) is 29.1 Å². The highest BCUT2D eigenvalue weighted by Crippen LogP contribution is 2.38. The summed E-state index contributed by atoms with van der Waals surface area (Å²) in [6.45, 7) is 2.73. The molecule has 1 saturated carbocycles. The second-order valence-corrected chi connectivity index (χ2v) is 5.23. The van der Waals surface area contributed by atoms with Crippen LogP contribution in [0.4, 0.5) is 0 Å². The molecule has 1 fully saturated rings. The average molecular weight is 284 g/mol. The highest BCUT2D eigenvalue weighted by Gasteiger charge is 2.29. The Bertz CT molecular complexity index is 523. The third-order valence-electron chi connectivity index (χ3n) is 3.10. The average Bonchev–Trinajstić information content (AvgIpc) is 3.16. The van der Waals surface area contributed by atoms with Gasteiger partial charge in [-0.25, -0.2) is 4.98 Å². The van der Waals surface area contributed by atoms with Gasteiger partial charge in [-0.05, 0) is 19.3 Å². The van der Waals surface area contributed by atoms with Gasteiger partial charge in [0.2, 0.25) is 5.91 Å². The summed E-state index contributed by atoms with van der Waals surface area (Å²) in [7, 11) is 0. The number of aromatic nitrogens is 2. The van der Waals surface area contributed by atoms with E-state index in [1.165, 1.54) is 10.6 Å². The molecule has 6 heteroatoms. The highest BCUT2D eigenvalue weighted by atomic mass is 35.5. The third-order valence-corrected chi connectivity index (χ3v) is 3.30. The molecule has 0 radical (unpaired) electrons. The van der Waals surface area contributed by atoms with Crippen LogP contribution in [0.25, 0.3) is 0 Å². The molecular weight excluding hydrogens is 266 g/mol. The van der Waals surface area contributed by atoms with Gasteiger partial charge in [0.1, 0.15) is 17.5 Å². The van der Waals surface area contributed by atoms with Crippen molar-refractivity contribution >= 4 is 17.5 Å². The van der Waals surface area contributed by atoms with Crippen LogP contribution >= 0.6 is 11.6 Å². The zero-order chi connectivity index (χ0) is 13.8. The molecule has 1 aromatic heterocycles. The second-order valence-electron chi connectivity index (χ2n) is 4.84. The molecule has 1 heterocycles. The van der Waals surface area contributed by atoms with Crippen molar-refractivity contribution in [1.29, 1.82) is 0 Å². The first kappa shape index (κ1) is 14.1. The molecule has 1 aliphatic carbocycles. The molecular formula is C13H18ClN3O2. The monoisotopic (exact) mass is 283 g/mol. The van der Waals surface area contributed by atoms with E-state index in [1.807, 2.05) is 0 Å². The van der Waals surface area contributed by atoms with Crippen LogP contribution in [0.1, 0.15) is 44.3 Å². The van der Waals surface area contributed by atoms with Gasteiger partial charge in [0.05, 0.1) is 0 Å². The van der Waals surface area contributed by atoms with Crippen LogP contribution in [-0.2, 0) is 11.3 Å². The van der Waals surface area contributed by atoms with Crippen LogP contribution < -0.4 is 10.9 Å². The second kappa shape index (κ2) is 6.19. The maximum atomic E-state index is 11.9. The number of halogens is 1. The molecule has 0 spiro atoms. The van der Waals surface area contributed by atoms with Gasteiger partial charge in [-0.3, -0.25) is 14.2 Å².